The van der Waals surface area contributed by atoms with Gasteiger partial charge in [-0.2, -0.15) is 0 Å². The van der Waals surface area contributed by atoms with Gasteiger partial charge >= 0.3 is 6.16 Å². The second-order valence-electron chi connectivity index (χ2n) is 3.60. The molecule has 0 fully saturated rings. The molecule has 20 heavy (non-hydrogen) atoms. The maximum atomic E-state index is 10.5. The Hall–Kier alpha value is -3.09. The number of carbonyl (C=O) groups is 1. The van der Waals surface area contributed by atoms with Crippen LogP contribution in [0, 0.1) is 10.1 Å². The molecule has 2 rings (SSSR count). The number of aromatic hydroxyl groups is 1. The highest BCUT2D eigenvalue weighted by atomic mass is 16.6. The van der Waals surface area contributed by atoms with Gasteiger partial charge in [-0.1, -0.05) is 18.2 Å². The summed E-state index contributed by atoms with van der Waals surface area (Å²) in [6.45, 7) is 0. The number of non-ortho nitro benzene ring substituents is 1. The summed E-state index contributed by atoms with van der Waals surface area (Å²) in [4.78, 5) is 18.6. The molecule has 0 heterocycles. The van der Waals surface area contributed by atoms with Crippen LogP contribution in [-0.2, 0) is 0 Å². The minimum atomic E-state index is -1.83. The third kappa shape index (κ3) is 4.30. The van der Waals surface area contributed by atoms with Gasteiger partial charge < -0.3 is 15.3 Å². The Kier molecular flexibility index (Phi) is 5.04. The Morgan fingerprint density at radius 2 is 1.50 bits per heavy atom. The zero-order valence-corrected chi connectivity index (χ0v) is 10.1. The van der Waals surface area contributed by atoms with Crippen LogP contribution in [0.4, 0.5) is 10.5 Å². The van der Waals surface area contributed by atoms with Gasteiger partial charge in [0.15, 0.2) is 0 Å². The summed E-state index contributed by atoms with van der Waals surface area (Å²) < 4.78 is 0. The van der Waals surface area contributed by atoms with Crippen molar-refractivity contribution in [2.45, 2.75) is 0 Å². The summed E-state index contributed by atoms with van der Waals surface area (Å²) in [6.07, 6.45) is -1.83. The molecular weight excluding hydrogens is 266 g/mol. The SMILES string of the molecule is O=C(O)O.O=[N+]([O-])c1ccc(-c2ccccc2O)cc1. The number of phenolic OH excluding ortho intramolecular Hbond substituents is 1. The maximum Gasteiger partial charge on any atom is 0.503 e. The number of hydrogen-bond acceptors (Lipinski definition) is 4. The quantitative estimate of drug-likeness (QED) is 0.572. The number of nitrogens with zero attached hydrogens (tertiary/aromatic N) is 1. The van der Waals surface area contributed by atoms with Crippen molar-refractivity contribution in [2.75, 3.05) is 0 Å². The van der Waals surface area contributed by atoms with E-state index in [0.29, 0.717) is 5.56 Å². The highest BCUT2D eigenvalue weighted by molar-refractivity contribution is 5.70. The largest absolute Gasteiger partial charge is 0.507 e. The summed E-state index contributed by atoms with van der Waals surface area (Å²) in [5.74, 6) is 0.163. The summed E-state index contributed by atoms with van der Waals surface area (Å²) in [5.41, 5.74) is 1.46. The number of carboxylic acid groups (broad SMARTS) is 2. The van der Waals surface area contributed by atoms with Crippen LogP contribution in [0.25, 0.3) is 11.1 Å². The Labute approximate surface area is 113 Å². The fourth-order valence-corrected chi connectivity index (χ4v) is 1.48. The predicted octanol–water partition coefficient (Wildman–Crippen LogP) is 3.19. The van der Waals surface area contributed by atoms with Crippen molar-refractivity contribution in [3.8, 4) is 16.9 Å². The van der Waals surface area contributed by atoms with E-state index in [4.69, 9.17) is 15.0 Å². The first kappa shape index (κ1) is 15.0. The van der Waals surface area contributed by atoms with Crippen molar-refractivity contribution in [1.82, 2.24) is 0 Å². The predicted molar refractivity (Wildman–Crippen MR) is 70.9 cm³/mol. The fourth-order valence-electron chi connectivity index (χ4n) is 1.48. The molecular formula is C13H11NO6. The molecule has 0 unspecified atom stereocenters. The lowest BCUT2D eigenvalue weighted by Crippen LogP contribution is -1.87. The molecule has 0 spiro atoms. The normalized spacial score (nSPS) is 9.20. The third-order valence-electron chi connectivity index (χ3n) is 2.29. The van der Waals surface area contributed by atoms with E-state index in [9.17, 15) is 15.2 Å². The topological polar surface area (TPSA) is 121 Å². The monoisotopic (exact) mass is 277 g/mol. The van der Waals surface area contributed by atoms with Gasteiger partial charge in [-0.3, -0.25) is 10.1 Å². The number of benzene rings is 2. The Balaban J connectivity index is 0.000000444. The molecule has 0 aliphatic rings. The number of nitro benzene ring substituents is 1. The van der Waals surface area contributed by atoms with E-state index >= 15 is 0 Å². The van der Waals surface area contributed by atoms with Gasteiger partial charge in [0, 0.05) is 17.7 Å². The van der Waals surface area contributed by atoms with Crippen LogP contribution in [0.1, 0.15) is 0 Å². The molecule has 2 aromatic rings. The number of phenols is 1. The minimum absolute atomic E-state index is 0.0409. The molecule has 7 nitrogen and oxygen atoms in total. The number of para-hydroxylation sites is 1. The summed E-state index contributed by atoms with van der Waals surface area (Å²) in [6, 6.07) is 12.9. The molecule has 7 heteroatoms. The Morgan fingerprint density at radius 3 is 1.95 bits per heavy atom. The maximum absolute atomic E-state index is 10.5. The Bertz CT molecular complexity index is 605. The van der Waals surface area contributed by atoms with Gasteiger partial charge in [-0.25, -0.2) is 4.79 Å². The number of nitro groups is 1. The molecule has 0 amide bonds. The first-order valence-electron chi connectivity index (χ1n) is 5.36. The molecule has 104 valence electrons. The van der Waals surface area contributed by atoms with Gasteiger partial charge in [0.25, 0.3) is 5.69 Å². The molecule has 0 saturated heterocycles. The van der Waals surface area contributed by atoms with Crippen LogP contribution < -0.4 is 0 Å². The zero-order valence-electron chi connectivity index (χ0n) is 10.1. The molecule has 0 atom stereocenters. The second kappa shape index (κ2) is 6.74. The highest BCUT2D eigenvalue weighted by Crippen LogP contribution is 2.29. The van der Waals surface area contributed by atoms with E-state index < -0.39 is 11.1 Å². The molecule has 0 radical (unpaired) electrons. The van der Waals surface area contributed by atoms with E-state index in [0.717, 1.165) is 5.56 Å². The standard InChI is InChI=1S/C12H9NO3.CH2O3/c14-12-4-2-1-3-11(12)9-5-7-10(8-6-9)13(15)16;2-1(3)4/h1-8,14H;(H2,2,3,4). The highest BCUT2D eigenvalue weighted by Gasteiger charge is 2.07. The lowest BCUT2D eigenvalue weighted by molar-refractivity contribution is -0.384. The van der Waals surface area contributed by atoms with Gasteiger partial charge in [0.2, 0.25) is 0 Å². The average molecular weight is 277 g/mol. The zero-order chi connectivity index (χ0) is 15.1. The lowest BCUT2D eigenvalue weighted by Gasteiger charge is -2.03. The van der Waals surface area contributed by atoms with Crippen molar-refractivity contribution < 1.29 is 25.0 Å². The van der Waals surface area contributed by atoms with E-state index in [1.807, 2.05) is 0 Å². The molecule has 0 bridgehead atoms. The van der Waals surface area contributed by atoms with Crippen LogP contribution in [0.15, 0.2) is 48.5 Å². The van der Waals surface area contributed by atoms with Crippen molar-refractivity contribution in [1.29, 1.82) is 0 Å². The van der Waals surface area contributed by atoms with E-state index in [1.54, 1.807) is 36.4 Å². The molecule has 3 N–H and O–H groups in total. The van der Waals surface area contributed by atoms with Crippen LogP contribution in [0.2, 0.25) is 0 Å². The molecule has 0 aromatic heterocycles. The van der Waals surface area contributed by atoms with Crippen LogP contribution in [-0.4, -0.2) is 26.4 Å². The minimum Gasteiger partial charge on any atom is -0.507 e. The lowest BCUT2D eigenvalue weighted by atomic mass is 10.0. The van der Waals surface area contributed by atoms with Gasteiger partial charge in [-0.05, 0) is 23.8 Å². The van der Waals surface area contributed by atoms with E-state index in [1.165, 1.54) is 12.1 Å². The van der Waals surface area contributed by atoms with Crippen LogP contribution in [0.3, 0.4) is 0 Å². The molecule has 0 saturated carbocycles. The summed E-state index contributed by atoms with van der Waals surface area (Å²) >= 11 is 0. The first-order valence-corrected chi connectivity index (χ1v) is 5.36. The van der Waals surface area contributed by atoms with Crippen molar-refractivity contribution >= 4 is 11.8 Å². The summed E-state index contributed by atoms with van der Waals surface area (Å²) in [7, 11) is 0. The van der Waals surface area contributed by atoms with Crippen molar-refractivity contribution in [3.63, 3.8) is 0 Å². The first-order chi connectivity index (χ1) is 9.41. The van der Waals surface area contributed by atoms with Crippen LogP contribution in [0.5, 0.6) is 5.75 Å². The van der Waals surface area contributed by atoms with Gasteiger partial charge in [0.1, 0.15) is 5.75 Å². The average Bonchev–Trinajstić information content (AvgIpc) is 2.39. The van der Waals surface area contributed by atoms with Crippen molar-refractivity contribution in [3.05, 3.63) is 58.6 Å². The van der Waals surface area contributed by atoms with Crippen LogP contribution >= 0.6 is 0 Å². The second-order valence-corrected chi connectivity index (χ2v) is 3.60. The smallest absolute Gasteiger partial charge is 0.503 e. The Morgan fingerprint density at radius 1 is 1.00 bits per heavy atom. The van der Waals surface area contributed by atoms with E-state index in [-0.39, 0.29) is 11.4 Å². The van der Waals surface area contributed by atoms with Gasteiger partial charge in [-0.15, -0.1) is 0 Å². The third-order valence-corrected chi connectivity index (χ3v) is 2.29. The number of hydrogen-bond donors (Lipinski definition) is 3. The number of rotatable bonds is 2. The van der Waals surface area contributed by atoms with E-state index in [2.05, 4.69) is 0 Å². The summed E-state index contributed by atoms with van der Waals surface area (Å²) in [5, 5.41) is 34.0. The van der Waals surface area contributed by atoms with Gasteiger partial charge in [0.05, 0.1) is 4.92 Å². The molecule has 2 aromatic carbocycles. The molecule has 0 aliphatic heterocycles. The molecule has 0 aliphatic carbocycles. The van der Waals surface area contributed by atoms with Crippen molar-refractivity contribution in [2.24, 2.45) is 0 Å². The fraction of sp³-hybridized carbons (Fsp3) is 0.